The van der Waals surface area contributed by atoms with Crippen molar-refractivity contribution >= 4 is 0 Å². The van der Waals surface area contributed by atoms with E-state index in [-0.39, 0.29) is 0 Å². The highest BCUT2D eigenvalue weighted by Gasteiger charge is 2.38. The first-order valence-electron chi connectivity index (χ1n) is 5.32. The van der Waals surface area contributed by atoms with E-state index in [0.29, 0.717) is 5.92 Å². The van der Waals surface area contributed by atoms with Crippen LogP contribution in [0, 0.1) is 5.92 Å². The van der Waals surface area contributed by atoms with E-state index in [1.54, 1.807) is 0 Å². The fourth-order valence-electron chi connectivity index (χ4n) is 2.50. The number of nitrogens with one attached hydrogen (secondary N) is 1. The topological polar surface area (TPSA) is 41.5 Å². The van der Waals surface area contributed by atoms with Crippen LogP contribution in [0.5, 0.6) is 0 Å². The van der Waals surface area contributed by atoms with Gasteiger partial charge in [-0.25, -0.2) is 0 Å². The first-order valence-corrected chi connectivity index (χ1v) is 5.32. The molecular weight excluding hydrogens is 166 g/mol. The zero-order chi connectivity index (χ0) is 9.15. The Kier molecular flexibility index (Phi) is 2.86. The van der Waals surface area contributed by atoms with Crippen LogP contribution in [0.3, 0.4) is 0 Å². The van der Waals surface area contributed by atoms with Crippen molar-refractivity contribution in [2.24, 2.45) is 5.92 Å². The molecule has 1 unspecified atom stereocenters. The fraction of sp³-hybridized carbons (Fsp3) is 1.00. The molecule has 2 aliphatic rings. The highest BCUT2D eigenvalue weighted by molar-refractivity contribution is 4.92. The zero-order valence-corrected chi connectivity index (χ0v) is 8.09. The van der Waals surface area contributed by atoms with Crippen LogP contribution in [0.25, 0.3) is 0 Å². The number of rotatable bonds is 1. The Morgan fingerprint density at radius 1 is 1.31 bits per heavy atom. The van der Waals surface area contributed by atoms with Gasteiger partial charge in [0.05, 0.1) is 5.60 Å². The summed E-state index contributed by atoms with van der Waals surface area (Å²) in [5.74, 6) is 0.453. The Morgan fingerprint density at radius 2 is 2.08 bits per heavy atom. The minimum atomic E-state index is -0.442. The summed E-state index contributed by atoms with van der Waals surface area (Å²) in [6, 6.07) is 0. The second-order valence-electron chi connectivity index (χ2n) is 4.27. The molecule has 0 amide bonds. The summed E-state index contributed by atoms with van der Waals surface area (Å²) in [5, 5.41) is 13.7. The van der Waals surface area contributed by atoms with Gasteiger partial charge >= 0.3 is 0 Å². The summed E-state index contributed by atoms with van der Waals surface area (Å²) in [5.41, 5.74) is -0.442. The summed E-state index contributed by atoms with van der Waals surface area (Å²) < 4.78 is 5.30. The van der Waals surface area contributed by atoms with E-state index in [9.17, 15) is 5.11 Å². The van der Waals surface area contributed by atoms with E-state index in [4.69, 9.17) is 4.74 Å². The van der Waals surface area contributed by atoms with Gasteiger partial charge in [0.1, 0.15) is 0 Å². The van der Waals surface area contributed by atoms with Crippen LogP contribution in [-0.2, 0) is 4.74 Å². The average Bonchev–Trinajstić information content (AvgIpc) is 2.20. The normalized spacial score (nSPS) is 37.6. The van der Waals surface area contributed by atoms with Crippen molar-refractivity contribution < 1.29 is 9.84 Å². The van der Waals surface area contributed by atoms with Crippen molar-refractivity contribution in [1.82, 2.24) is 5.32 Å². The number of aliphatic hydroxyl groups is 1. The Morgan fingerprint density at radius 3 is 2.69 bits per heavy atom. The van der Waals surface area contributed by atoms with Gasteiger partial charge in [-0.2, -0.15) is 0 Å². The minimum Gasteiger partial charge on any atom is -0.388 e. The van der Waals surface area contributed by atoms with Gasteiger partial charge in [0.2, 0.25) is 0 Å². The van der Waals surface area contributed by atoms with Gasteiger partial charge in [-0.15, -0.1) is 0 Å². The second kappa shape index (κ2) is 3.95. The van der Waals surface area contributed by atoms with Gasteiger partial charge in [-0.05, 0) is 38.1 Å². The molecule has 2 N–H and O–H groups in total. The lowest BCUT2D eigenvalue weighted by molar-refractivity contribution is -0.0774. The predicted molar refractivity (Wildman–Crippen MR) is 50.6 cm³/mol. The molecule has 76 valence electrons. The van der Waals surface area contributed by atoms with Crippen LogP contribution >= 0.6 is 0 Å². The lowest BCUT2D eigenvalue weighted by Gasteiger charge is -2.41. The monoisotopic (exact) mass is 185 g/mol. The summed E-state index contributed by atoms with van der Waals surface area (Å²) in [6.45, 7) is 3.49. The number of hydrogen-bond donors (Lipinski definition) is 2. The molecule has 2 heterocycles. The van der Waals surface area contributed by atoms with Crippen LogP contribution in [-0.4, -0.2) is 37.0 Å². The lowest BCUT2D eigenvalue weighted by atomic mass is 9.77. The molecule has 2 saturated heterocycles. The van der Waals surface area contributed by atoms with Gasteiger partial charge < -0.3 is 15.2 Å². The first kappa shape index (κ1) is 9.44. The Hall–Kier alpha value is -0.120. The lowest BCUT2D eigenvalue weighted by Crippen LogP contribution is -2.52. The van der Waals surface area contributed by atoms with Crippen LogP contribution in [0.1, 0.15) is 25.7 Å². The maximum absolute atomic E-state index is 10.4. The Labute approximate surface area is 79.5 Å². The van der Waals surface area contributed by atoms with Gasteiger partial charge in [0.25, 0.3) is 0 Å². The predicted octanol–water partition coefficient (Wildman–Crippen LogP) is 0.527. The molecule has 0 radical (unpaired) electrons. The van der Waals surface area contributed by atoms with Crippen LogP contribution in [0.4, 0.5) is 0 Å². The van der Waals surface area contributed by atoms with E-state index >= 15 is 0 Å². The number of ether oxygens (including phenoxy) is 1. The summed E-state index contributed by atoms with van der Waals surface area (Å²) in [6.07, 6.45) is 4.12. The number of piperidine rings is 1. The molecule has 2 aliphatic heterocycles. The van der Waals surface area contributed by atoms with Crippen LogP contribution in [0.2, 0.25) is 0 Å². The molecule has 0 aromatic heterocycles. The average molecular weight is 185 g/mol. The highest BCUT2D eigenvalue weighted by Crippen LogP contribution is 2.32. The van der Waals surface area contributed by atoms with Crippen molar-refractivity contribution in [3.05, 3.63) is 0 Å². The fourth-order valence-corrected chi connectivity index (χ4v) is 2.50. The zero-order valence-electron chi connectivity index (χ0n) is 8.09. The van der Waals surface area contributed by atoms with Crippen LogP contribution < -0.4 is 5.32 Å². The summed E-state index contributed by atoms with van der Waals surface area (Å²) in [4.78, 5) is 0. The molecule has 2 rings (SSSR count). The van der Waals surface area contributed by atoms with Crippen molar-refractivity contribution in [3.63, 3.8) is 0 Å². The molecule has 0 aliphatic carbocycles. The molecule has 13 heavy (non-hydrogen) atoms. The highest BCUT2D eigenvalue weighted by atomic mass is 16.5. The summed E-state index contributed by atoms with van der Waals surface area (Å²) in [7, 11) is 0. The molecule has 0 spiro atoms. The van der Waals surface area contributed by atoms with Crippen molar-refractivity contribution in [3.8, 4) is 0 Å². The summed E-state index contributed by atoms with van der Waals surface area (Å²) >= 11 is 0. The van der Waals surface area contributed by atoms with E-state index in [2.05, 4.69) is 5.32 Å². The third kappa shape index (κ3) is 2.03. The minimum absolute atomic E-state index is 0.442. The van der Waals surface area contributed by atoms with E-state index in [1.807, 2.05) is 0 Å². The Bertz CT molecular complexity index is 160. The first-order chi connectivity index (χ1) is 6.31. The maximum Gasteiger partial charge on any atom is 0.0801 e. The molecule has 2 fully saturated rings. The number of β-amino-alcohol motifs (C(OH)–C–C–N with tert-alkyl or cyclic N) is 1. The quantitative estimate of drug-likeness (QED) is 0.626. The van der Waals surface area contributed by atoms with E-state index in [0.717, 1.165) is 52.0 Å². The van der Waals surface area contributed by atoms with Gasteiger partial charge in [-0.3, -0.25) is 0 Å². The van der Waals surface area contributed by atoms with Crippen molar-refractivity contribution in [2.75, 3.05) is 26.3 Å². The molecule has 1 atom stereocenters. The van der Waals surface area contributed by atoms with Gasteiger partial charge in [0.15, 0.2) is 0 Å². The smallest absolute Gasteiger partial charge is 0.0801 e. The molecule has 3 nitrogen and oxygen atoms in total. The molecule has 0 bridgehead atoms. The molecular formula is C10H19NO2. The molecule has 0 aromatic rings. The maximum atomic E-state index is 10.4. The number of hydrogen-bond acceptors (Lipinski definition) is 3. The molecule has 0 aromatic carbocycles. The van der Waals surface area contributed by atoms with Crippen molar-refractivity contribution in [2.45, 2.75) is 31.3 Å². The largest absolute Gasteiger partial charge is 0.388 e. The third-order valence-electron chi connectivity index (χ3n) is 3.38. The van der Waals surface area contributed by atoms with E-state index < -0.39 is 5.60 Å². The second-order valence-corrected chi connectivity index (χ2v) is 4.27. The standard InChI is InChI=1S/C10H19NO2/c12-10(4-1-5-11-8-10)9-2-6-13-7-3-9/h9,11-12H,1-8H2. The van der Waals surface area contributed by atoms with Gasteiger partial charge in [0, 0.05) is 19.8 Å². The van der Waals surface area contributed by atoms with E-state index in [1.165, 1.54) is 0 Å². The SMILES string of the molecule is OC1(C2CCOCC2)CCCNC1. The van der Waals surface area contributed by atoms with Crippen LogP contribution in [0.15, 0.2) is 0 Å². The molecule has 0 saturated carbocycles. The Balaban J connectivity index is 1.94. The third-order valence-corrected chi connectivity index (χ3v) is 3.38. The van der Waals surface area contributed by atoms with Gasteiger partial charge in [-0.1, -0.05) is 0 Å². The molecule has 3 heteroatoms. The van der Waals surface area contributed by atoms with Crippen molar-refractivity contribution in [1.29, 1.82) is 0 Å².